The van der Waals surface area contributed by atoms with Crippen molar-refractivity contribution >= 4 is 5.91 Å². The van der Waals surface area contributed by atoms with E-state index in [0.29, 0.717) is 26.1 Å². The van der Waals surface area contributed by atoms with Crippen LogP contribution in [0.5, 0.6) is 0 Å². The summed E-state index contributed by atoms with van der Waals surface area (Å²) < 4.78 is 11.0. The second-order valence-corrected chi connectivity index (χ2v) is 4.99. The van der Waals surface area contributed by atoms with Crippen molar-refractivity contribution in [1.82, 2.24) is 10.2 Å². The maximum Gasteiger partial charge on any atom is 0.224 e. The minimum absolute atomic E-state index is 0.137. The maximum atomic E-state index is 12.1. The first-order chi connectivity index (χ1) is 8.15. The molecule has 2 aliphatic heterocycles. The largest absolute Gasteiger partial charge is 0.378 e. The van der Waals surface area contributed by atoms with Crippen LogP contribution < -0.4 is 5.32 Å². The van der Waals surface area contributed by atoms with Gasteiger partial charge < -0.3 is 19.7 Å². The predicted octanol–water partition coefficient (Wildman–Crippen LogP) is 0.000700. The van der Waals surface area contributed by atoms with Crippen molar-refractivity contribution in [3.63, 3.8) is 0 Å². The predicted molar refractivity (Wildman–Crippen MR) is 63.8 cm³/mol. The monoisotopic (exact) mass is 242 g/mol. The van der Waals surface area contributed by atoms with Crippen LogP contribution in [0.2, 0.25) is 0 Å². The number of carbonyl (C=O) groups is 1. The Morgan fingerprint density at radius 3 is 2.65 bits per heavy atom. The Kier molecular flexibility index (Phi) is 4.36. The molecule has 1 N–H and O–H groups in total. The van der Waals surface area contributed by atoms with Gasteiger partial charge in [0, 0.05) is 32.1 Å². The highest BCUT2D eigenvalue weighted by molar-refractivity contribution is 5.77. The Hall–Kier alpha value is -0.650. The van der Waals surface area contributed by atoms with Crippen molar-refractivity contribution in [3.05, 3.63) is 0 Å². The molecule has 1 amide bonds. The van der Waals surface area contributed by atoms with Crippen molar-refractivity contribution in [1.29, 1.82) is 0 Å². The van der Waals surface area contributed by atoms with E-state index in [1.807, 2.05) is 18.7 Å². The van der Waals surface area contributed by atoms with Crippen LogP contribution in [0.25, 0.3) is 0 Å². The van der Waals surface area contributed by atoms with Crippen LogP contribution >= 0.6 is 0 Å². The standard InChI is InChI=1S/C12H22N2O3/c1-9-6-14(7-10(2)17-9)12(15)5-11-8-16-4-3-13-11/h9-11,13H,3-8H2,1-2H3. The molecule has 0 aromatic rings. The van der Waals surface area contributed by atoms with E-state index >= 15 is 0 Å². The average Bonchev–Trinajstić information content (AvgIpc) is 2.29. The Labute approximate surface area is 102 Å². The number of morpholine rings is 2. The summed E-state index contributed by atoms with van der Waals surface area (Å²) >= 11 is 0. The van der Waals surface area contributed by atoms with E-state index in [4.69, 9.17) is 9.47 Å². The molecule has 98 valence electrons. The third kappa shape index (κ3) is 3.66. The van der Waals surface area contributed by atoms with Gasteiger partial charge in [0.05, 0.1) is 25.4 Å². The van der Waals surface area contributed by atoms with Gasteiger partial charge in [0.2, 0.25) is 5.91 Å². The van der Waals surface area contributed by atoms with E-state index in [0.717, 1.165) is 13.2 Å². The second kappa shape index (κ2) is 5.80. The zero-order valence-electron chi connectivity index (χ0n) is 10.6. The van der Waals surface area contributed by atoms with Crippen molar-refractivity contribution in [2.75, 3.05) is 32.8 Å². The van der Waals surface area contributed by atoms with Crippen molar-refractivity contribution in [2.24, 2.45) is 0 Å². The number of hydrogen-bond acceptors (Lipinski definition) is 4. The maximum absolute atomic E-state index is 12.1. The topological polar surface area (TPSA) is 50.8 Å². The van der Waals surface area contributed by atoms with Gasteiger partial charge in [-0.15, -0.1) is 0 Å². The molecule has 2 rings (SSSR count). The Morgan fingerprint density at radius 1 is 1.35 bits per heavy atom. The highest BCUT2D eigenvalue weighted by Crippen LogP contribution is 2.12. The van der Waals surface area contributed by atoms with Crippen LogP contribution in [-0.4, -0.2) is 61.9 Å². The normalized spacial score (nSPS) is 34.7. The number of nitrogens with one attached hydrogen (secondary N) is 1. The van der Waals surface area contributed by atoms with Crippen LogP contribution in [0.3, 0.4) is 0 Å². The lowest BCUT2D eigenvalue weighted by atomic mass is 10.1. The molecule has 17 heavy (non-hydrogen) atoms. The summed E-state index contributed by atoms with van der Waals surface area (Å²) in [5.41, 5.74) is 0. The first-order valence-electron chi connectivity index (χ1n) is 6.39. The highest BCUT2D eigenvalue weighted by Gasteiger charge is 2.27. The van der Waals surface area contributed by atoms with Gasteiger partial charge >= 0.3 is 0 Å². The van der Waals surface area contributed by atoms with Gasteiger partial charge in [0.1, 0.15) is 0 Å². The summed E-state index contributed by atoms with van der Waals surface area (Å²) in [5.74, 6) is 0.204. The Bertz CT molecular complexity index is 256. The fourth-order valence-electron chi connectivity index (χ4n) is 2.47. The van der Waals surface area contributed by atoms with Crippen molar-refractivity contribution in [3.8, 4) is 0 Å². The molecule has 0 radical (unpaired) electrons. The van der Waals surface area contributed by atoms with E-state index in [1.54, 1.807) is 0 Å². The van der Waals surface area contributed by atoms with Gasteiger partial charge in [0.15, 0.2) is 0 Å². The molecule has 0 aromatic heterocycles. The summed E-state index contributed by atoms with van der Waals surface area (Å²) in [6.07, 6.45) is 0.802. The van der Waals surface area contributed by atoms with Gasteiger partial charge in [-0.05, 0) is 13.8 Å². The molecule has 2 heterocycles. The molecule has 0 aromatic carbocycles. The molecule has 0 spiro atoms. The van der Waals surface area contributed by atoms with Gasteiger partial charge in [-0.25, -0.2) is 0 Å². The number of ether oxygens (including phenoxy) is 2. The smallest absolute Gasteiger partial charge is 0.224 e. The summed E-state index contributed by atoms with van der Waals surface area (Å²) in [5, 5.41) is 3.31. The molecule has 5 nitrogen and oxygen atoms in total. The molecule has 0 saturated carbocycles. The summed E-state index contributed by atoms with van der Waals surface area (Å²) in [6.45, 7) is 7.66. The Morgan fingerprint density at radius 2 is 2.06 bits per heavy atom. The quantitative estimate of drug-likeness (QED) is 0.740. The molecule has 5 heteroatoms. The fourth-order valence-corrected chi connectivity index (χ4v) is 2.47. The van der Waals surface area contributed by atoms with Crippen LogP contribution in [0.1, 0.15) is 20.3 Å². The van der Waals surface area contributed by atoms with Gasteiger partial charge in [-0.1, -0.05) is 0 Å². The van der Waals surface area contributed by atoms with Crippen LogP contribution in [-0.2, 0) is 14.3 Å². The molecule has 0 bridgehead atoms. The molecule has 3 unspecified atom stereocenters. The number of rotatable bonds is 2. The molecule has 0 aliphatic carbocycles. The summed E-state index contributed by atoms with van der Waals surface area (Å²) in [7, 11) is 0. The van der Waals surface area contributed by atoms with E-state index in [-0.39, 0.29) is 24.2 Å². The van der Waals surface area contributed by atoms with Crippen LogP contribution in [0, 0.1) is 0 Å². The van der Waals surface area contributed by atoms with Gasteiger partial charge in [0.25, 0.3) is 0 Å². The van der Waals surface area contributed by atoms with Crippen LogP contribution in [0.4, 0.5) is 0 Å². The lowest BCUT2D eigenvalue weighted by molar-refractivity contribution is -0.144. The van der Waals surface area contributed by atoms with E-state index < -0.39 is 0 Å². The third-order valence-electron chi connectivity index (χ3n) is 3.19. The fraction of sp³-hybridized carbons (Fsp3) is 0.917. The molecular formula is C12H22N2O3. The lowest BCUT2D eigenvalue weighted by Crippen LogP contribution is -2.51. The minimum atomic E-state index is 0.137. The first-order valence-corrected chi connectivity index (χ1v) is 6.39. The zero-order valence-corrected chi connectivity index (χ0v) is 10.6. The molecule has 2 aliphatic rings. The second-order valence-electron chi connectivity index (χ2n) is 4.99. The molecular weight excluding hydrogens is 220 g/mol. The lowest BCUT2D eigenvalue weighted by Gasteiger charge is -2.36. The number of hydrogen-bond donors (Lipinski definition) is 1. The summed E-state index contributed by atoms with van der Waals surface area (Å²) in [4.78, 5) is 14.0. The Balaban J connectivity index is 1.81. The minimum Gasteiger partial charge on any atom is -0.378 e. The van der Waals surface area contributed by atoms with E-state index in [9.17, 15) is 4.79 Å². The number of carbonyl (C=O) groups excluding carboxylic acids is 1. The zero-order chi connectivity index (χ0) is 12.3. The van der Waals surface area contributed by atoms with Crippen molar-refractivity contribution in [2.45, 2.75) is 38.5 Å². The molecule has 3 atom stereocenters. The number of amides is 1. The van der Waals surface area contributed by atoms with Gasteiger partial charge in [-0.2, -0.15) is 0 Å². The SMILES string of the molecule is CC1CN(C(=O)CC2COCCN2)CC(C)O1. The highest BCUT2D eigenvalue weighted by atomic mass is 16.5. The number of nitrogens with zero attached hydrogens (tertiary/aromatic N) is 1. The molecule has 2 fully saturated rings. The third-order valence-corrected chi connectivity index (χ3v) is 3.19. The van der Waals surface area contributed by atoms with Crippen LogP contribution in [0.15, 0.2) is 0 Å². The van der Waals surface area contributed by atoms with Crippen molar-refractivity contribution < 1.29 is 14.3 Å². The summed E-state index contributed by atoms with van der Waals surface area (Å²) in [6, 6.07) is 0.171. The van der Waals surface area contributed by atoms with E-state index in [1.165, 1.54) is 0 Å². The first kappa shape index (κ1) is 12.8. The molecule has 2 saturated heterocycles. The van der Waals surface area contributed by atoms with E-state index in [2.05, 4.69) is 5.32 Å². The van der Waals surface area contributed by atoms with Gasteiger partial charge in [-0.3, -0.25) is 4.79 Å². The average molecular weight is 242 g/mol.